The van der Waals surface area contributed by atoms with Crippen LogP contribution >= 0.6 is 0 Å². The molecule has 2 aromatic rings. The van der Waals surface area contributed by atoms with Gasteiger partial charge in [-0.05, 0) is 25.5 Å². The molecule has 16 heavy (non-hydrogen) atoms. The van der Waals surface area contributed by atoms with Crippen LogP contribution in [0, 0.1) is 0 Å². The fourth-order valence-electron chi connectivity index (χ4n) is 2.02. The smallest absolute Gasteiger partial charge is 0.329 e. The Morgan fingerprint density at radius 3 is 2.38 bits per heavy atom. The van der Waals surface area contributed by atoms with Crippen molar-refractivity contribution in [3.8, 4) is 0 Å². The van der Waals surface area contributed by atoms with Gasteiger partial charge in [-0.15, -0.1) is 0 Å². The molecular formula is C12H16N2O2. The van der Waals surface area contributed by atoms with Crippen LogP contribution in [0.25, 0.3) is 11.0 Å². The van der Waals surface area contributed by atoms with Gasteiger partial charge in [-0.25, -0.2) is 4.79 Å². The van der Waals surface area contributed by atoms with Crippen molar-refractivity contribution in [1.82, 2.24) is 9.13 Å². The van der Waals surface area contributed by atoms with Crippen LogP contribution in [-0.4, -0.2) is 20.8 Å². The third-order valence-corrected chi connectivity index (χ3v) is 2.78. The van der Waals surface area contributed by atoms with E-state index in [1.165, 1.54) is 0 Å². The van der Waals surface area contributed by atoms with E-state index in [2.05, 4.69) is 0 Å². The van der Waals surface area contributed by atoms with Gasteiger partial charge in [0.05, 0.1) is 11.0 Å². The van der Waals surface area contributed by atoms with Gasteiger partial charge in [-0.1, -0.05) is 12.1 Å². The van der Waals surface area contributed by atoms with Gasteiger partial charge in [0.1, 0.15) is 0 Å². The monoisotopic (exact) mass is 220 g/mol. The Morgan fingerprint density at radius 2 is 1.81 bits per heavy atom. The Kier molecular flexibility index (Phi) is 3.10. The van der Waals surface area contributed by atoms with E-state index >= 15 is 0 Å². The number of aryl methyl sites for hydroxylation is 2. The quantitative estimate of drug-likeness (QED) is 0.841. The number of nitrogens with zero attached hydrogens (tertiary/aromatic N) is 2. The second-order valence-corrected chi connectivity index (χ2v) is 3.74. The number of para-hydroxylation sites is 2. The molecule has 1 aromatic heterocycles. The molecule has 0 spiro atoms. The number of benzene rings is 1. The van der Waals surface area contributed by atoms with Crippen LogP contribution in [0.15, 0.2) is 29.1 Å². The molecule has 0 fully saturated rings. The summed E-state index contributed by atoms with van der Waals surface area (Å²) in [6.45, 7) is 3.32. The average molecular weight is 220 g/mol. The van der Waals surface area contributed by atoms with Gasteiger partial charge in [0.25, 0.3) is 0 Å². The average Bonchev–Trinajstić information content (AvgIpc) is 2.58. The number of aromatic nitrogens is 2. The van der Waals surface area contributed by atoms with Crippen molar-refractivity contribution >= 4 is 11.0 Å². The third kappa shape index (κ3) is 1.65. The zero-order valence-electron chi connectivity index (χ0n) is 9.39. The summed E-state index contributed by atoms with van der Waals surface area (Å²) < 4.78 is 3.49. The van der Waals surface area contributed by atoms with Crippen LogP contribution in [0.1, 0.15) is 13.3 Å². The Hall–Kier alpha value is -1.55. The number of aliphatic hydroxyl groups excluding tert-OH is 1. The summed E-state index contributed by atoms with van der Waals surface area (Å²) in [5.74, 6) is 0. The first kappa shape index (κ1) is 11.0. The van der Waals surface area contributed by atoms with Crippen molar-refractivity contribution in [2.45, 2.75) is 26.4 Å². The van der Waals surface area contributed by atoms with E-state index in [0.29, 0.717) is 19.5 Å². The van der Waals surface area contributed by atoms with Gasteiger partial charge in [0, 0.05) is 19.7 Å². The molecule has 0 aliphatic carbocycles. The van der Waals surface area contributed by atoms with Crippen LogP contribution in [0.5, 0.6) is 0 Å². The maximum Gasteiger partial charge on any atom is 0.329 e. The van der Waals surface area contributed by atoms with Gasteiger partial charge >= 0.3 is 5.69 Å². The summed E-state index contributed by atoms with van der Waals surface area (Å²) in [4.78, 5) is 12.1. The van der Waals surface area contributed by atoms with Crippen molar-refractivity contribution in [1.29, 1.82) is 0 Å². The zero-order chi connectivity index (χ0) is 11.5. The highest BCUT2D eigenvalue weighted by atomic mass is 16.3. The normalized spacial score (nSPS) is 11.1. The number of rotatable bonds is 4. The standard InChI is InChI=1S/C12H16N2O2/c1-2-13-10-6-3-4-7-11(10)14(12(13)16)8-5-9-15/h3-4,6-7,15H,2,5,8-9H2,1H3. The molecule has 86 valence electrons. The number of fused-ring (bicyclic) bond motifs is 1. The third-order valence-electron chi connectivity index (χ3n) is 2.78. The fraction of sp³-hybridized carbons (Fsp3) is 0.417. The molecule has 0 bridgehead atoms. The maximum atomic E-state index is 12.1. The lowest BCUT2D eigenvalue weighted by atomic mass is 10.3. The van der Waals surface area contributed by atoms with Crippen LogP contribution in [0.4, 0.5) is 0 Å². The van der Waals surface area contributed by atoms with Gasteiger partial charge in [-0.2, -0.15) is 0 Å². The summed E-state index contributed by atoms with van der Waals surface area (Å²) in [7, 11) is 0. The summed E-state index contributed by atoms with van der Waals surface area (Å²) in [5.41, 5.74) is 1.92. The lowest BCUT2D eigenvalue weighted by Crippen LogP contribution is -2.24. The van der Waals surface area contributed by atoms with Gasteiger partial charge in [0.15, 0.2) is 0 Å². The molecule has 0 atom stereocenters. The molecule has 4 heteroatoms. The largest absolute Gasteiger partial charge is 0.396 e. The topological polar surface area (TPSA) is 47.2 Å². The molecule has 0 saturated heterocycles. The van der Waals surface area contributed by atoms with Crippen LogP contribution in [0.2, 0.25) is 0 Å². The summed E-state index contributed by atoms with van der Waals surface area (Å²) in [6.07, 6.45) is 0.609. The molecule has 0 saturated carbocycles. The first-order valence-electron chi connectivity index (χ1n) is 5.58. The predicted molar refractivity (Wildman–Crippen MR) is 63.6 cm³/mol. The molecular weight excluding hydrogens is 204 g/mol. The van der Waals surface area contributed by atoms with Crippen molar-refractivity contribution in [3.63, 3.8) is 0 Å². The minimum absolute atomic E-state index is 0.0113. The van der Waals surface area contributed by atoms with Crippen LogP contribution < -0.4 is 5.69 Å². The highest BCUT2D eigenvalue weighted by Gasteiger charge is 2.10. The summed E-state index contributed by atoms with van der Waals surface area (Å²) in [6, 6.07) is 7.76. The first-order chi connectivity index (χ1) is 7.79. The van der Waals surface area contributed by atoms with E-state index < -0.39 is 0 Å². The lowest BCUT2D eigenvalue weighted by molar-refractivity contribution is 0.279. The molecule has 1 heterocycles. The highest BCUT2D eigenvalue weighted by molar-refractivity contribution is 5.75. The molecule has 0 unspecified atom stereocenters. The highest BCUT2D eigenvalue weighted by Crippen LogP contribution is 2.12. The Labute approximate surface area is 93.7 Å². The first-order valence-corrected chi connectivity index (χ1v) is 5.58. The summed E-state index contributed by atoms with van der Waals surface area (Å²) >= 11 is 0. The second kappa shape index (κ2) is 4.53. The number of hydrogen-bond acceptors (Lipinski definition) is 2. The van der Waals surface area contributed by atoms with E-state index in [-0.39, 0.29) is 12.3 Å². The van der Waals surface area contributed by atoms with E-state index in [9.17, 15) is 4.79 Å². The zero-order valence-corrected chi connectivity index (χ0v) is 9.39. The van der Waals surface area contributed by atoms with E-state index in [4.69, 9.17) is 5.11 Å². The minimum atomic E-state index is 0.0113. The number of hydrogen-bond donors (Lipinski definition) is 1. The molecule has 0 radical (unpaired) electrons. The molecule has 1 aromatic carbocycles. The Bertz CT molecular complexity index is 539. The van der Waals surface area contributed by atoms with Crippen LogP contribution in [-0.2, 0) is 13.1 Å². The van der Waals surface area contributed by atoms with Gasteiger partial charge in [0.2, 0.25) is 0 Å². The molecule has 0 aliphatic rings. The Morgan fingerprint density at radius 1 is 1.19 bits per heavy atom. The number of aliphatic hydroxyl groups is 1. The van der Waals surface area contributed by atoms with E-state index in [0.717, 1.165) is 11.0 Å². The lowest BCUT2D eigenvalue weighted by Gasteiger charge is -2.00. The fourth-order valence-corrected chi connectivity index (χ4v) is 2.02. The van der Waals surface area contributed by atoms with Crippen molar-refractivity contribution < 1.29 is 5.11 Å². The molecule has 4 nitrogen and oxygen atoms in total. The Balaban J connectivity index is 2.63. The van der Waals surface area contributed by atoms with Gasteiger partial charge in [-0.3, -0.25) is 9.13 Å². The number of imidazole rings is 1. The summed E-state index contributed by atoms with van der Waals surface area (Å²) in [5, 5.41) is 8.83. The van der Waals surface area contributed by atoms with Crippen molar-refractivity contribution in [2.75, 3.05) is 6.61 Å². The molecule has 1 N–H and O–H groups in total. The van der Waals surface area contributed by atoms with Crippen molar-refractivity contribution in [3.05, 3.63) is 34.7 Å². The molecule has 2 rings (SSSR count). The second-order valence-electron chi connectivity index (χ2n) is 3.74. The van der Waals surface area contributed by atoms with Gasteiger partial charge < -0.3 is 5.11 Å². The maximum absolute atomic E-state index is 12.1. The van der Waals surface area contributed by atoms with Crippen molar-refractivity contribution in [2.24, 2.45) is 0 Å². The van der Waals surface area contributed by atoms with Crippen LogP contribution in [0.3, 0.4) is 0 Å². The predicted octanol–water partition coefficient (Wildman–Crippen LogP) is 1.21. The SMILES string of the molecule is CCn1c(=O)n(CCCO)c2ccccc21. The van der Waals surface area contributed by atoms with E-state index in [1.54, 1.807) is 9.13 Å². The molecule has 0 aliphatic heterocycles. The molecule has 0 amide bonds. The minimum Gasteiger partial charge on any atom is -0.396 e. The van der Waals surface area contributed by atoms with E-state index in [1.807, 2.05) is 31.2 Å².